The Morgan fingerprint density at radius 2 is 1.89 bits per heavy atom. The maximum atomic E-state index is 12.8. The lowest BCUT2D eigenvalue weighted by molar-refractivity contribution is -0.134. The second-order valence-electron chi connectivity index (χ2n) is 7.78. The van der Waals surface area contributed by atoms with Crippen LogP contribution in [0.15, 0.2) is 29.1 Å². The van der Waals surface area contributed by atoms with Gasteiger partial charge in [-0.2, -0.15) is 0 Å². The minimum absolute atomic E-state index is 0.0346. The molecule has 27 heavy (non-hydrogen) atoms. The molecule has 0 spiro atoms. The van der Waals surface area contributed by atoms with E-state index < -0.39 is 0 Å². The second kappa shape index (κ2) is 8.17. The minimum Gasteiger partial charge on any atom is -0.341 e. The molecule has 3 heterocycles. The summed E-state index contributed by atoms with van der Waals surface area (Å²) < 4.78 is 1.19. The Labute approximate surface area is 158 Å². The summed E-state index contributed by atoms with van der Waals surface area (Å²) in [5, 5.41) is 8.52. The van der Waals surface area contributed by atoms with E-state index in [0.29, 0.717) is 16.8 Å². The van der Waals surface area contributed by atoms with E-state index in [9.17, 15) is 9.59 Å². The van der Waals surface area contributed by atoms with Gasteiger partial charge in [-0.1, -0.05) is 23.8 Å². The summed E-state index contributed by atoms with van der Waals surface area (Å²) in [5.74, 6) is 0.491. The van der Waals surface area contributed by atoms with Gasteiger partial charge in [-0.3, -0.25) is 9.59 Å². The molecule has 1 atom stereocenters. The number of rotatable bonds is 4. The van der Waals surface area contributed by atoms with Crippen LogP contribution in [0.2, 0.25) is 0 Å². The second-order valence-corrected chi connectivity index (χ2v) is 7.78. The Bertz CT molecular complexity index is 859. The molecular weight excluding hydrogens is 342 g/mol. The fraction of sp³-hybridized carbons (Fsp3) is 0.600. The normalized spacial score (nSPS) is 21.5. The van der Waals surface area contributed by atoms with Gasteiger partial charge in [0.05, 0.1) is 5.39 Å². The number of aromatic nitrogens is 3. The largest absolute Gasteiger partial charge is 0.341 e. The van der Waals surface area contributed by atoms with E-state index in [0.717, 1.165) is 26.1 Å². The van der Waals surface area contributed by atoms with Crippen molar-refractivity contribution in [2.45, 2.75) is 38.6 Å². The molecule has 2 aliphatic rings. The number of benzene rings is 1. The van der Waals surface area contributed by atoms with Gasteiger partial charge < -0.3 is 9.80 Å². The van der Waals surface area contributed by atoms with Gasteiger partial charge in [0.1, 0.15) is 12.1 Å². The molecule has 1 aromatic carbocycles. The molecule has 2 saturated heterocycles. The highest BCUT2D eigenvalue weighted by Crippen LogP contribution is 2.20. The van der Waals surface area contributed by atoms with Crippen LogP contribution in [-0.2, 0) is 11.3 Å². The van der Waals surface area contributed by atoms with Crippen LogP contribution in [0.3, 0.4) is 0 Å². The molecule has 1 aromatic heterocycles. The van der Waals surface area contributed by atoms with Crippen molar-refractivity contribution in [3.63, 3.8) is 0 Å². The molecule has 0 aliphatic carbocycles. The van der Waals surface area contributed by atoms with Gasteiger partial charge >= 0.3 is 0 Å². The van der Waals surface area contributed by atoms with Crippen molar-refractivity contribution in [1.29, 1.82) is 0 Å². The zero-order valence-corrected chi connectivity index (χ0v) is 15.7. The Balaban J connectivity index is 1.40. The highest BCUT2D eigenvalue weighted by atomic mass is 16.2. The SMILES string of the molecule is O=C(Cn1nnc2ccccc2c1=O)N1CCCC(CN2CCCCC2)C1. The van der Waals surface area contributed by atoms with E-state index in [2.05, 4.69) is 15.2 Å². The summed E-state index contributed by atoms with van der Waals surface area (Å²) in [7, 11) is 0. The number of carbonyl (C=O) groups is 1. The first kappa shape index (κ1) is 18.1. The Morgan fingerprint density at radius 1 is 1.07 bits per heavy atom. The molecule has 0 saturated carbocycles. The van der Waals surface area contributed by atoms with Gasteiger partial charge in [0.2, 0.25) is 5.91 Å². The van der Waals surface area contributed by atoms with Crippen molar-refractivity contribution in [1.82, 2.24) is 24.8 Å². The molecule has 2 aliphatic heterocycles. The van der Waals surface area contributed by atoms with Crippen LogP contribution in [-0.4, -0.2) is 63.4 Å². The van der Waals surface area contributed by atoms with Crippen LogP contribution in [0.4, 0.5) is 0 Å². The first-order valence-electron chi connectivity index (χ1n) is 10.0. The third kappa shape index (κ3) is 4.18. The molecule has 0 N–H and O–H groups in total. The topological polar surface area (TPSA) is 71.3 Å². The van der Waals surface area contributed by atoms with Crippen molar-refractivity contribution in [2.24, 2.45) is 5.92 Å². The van der Waals surface area contributed by atoms with Crippen LogP contribution in [0.5, 0.6) is 0 Å². The number of likely N-dealkylation sites (tertiary alicyclic amines) is 2. The molecule has 0 radical (unpaired) electrons. The van der Waals surface area contributed by atoms with Crippen LogP contribution in [0, 0.1) is 5.92 Å². The van der Waals surface area contributed by atoms with Gasteiger partial charge in [0.25, 0.3) is 5.56 Å². The maximum absolute atomic E-state index is 12.8. The molecule has 0 bridgehead atoms. The van der Waals surface area contributed by atoms with Crippen LogP contribution in [0.1, 0.15) is 32.1 Å². The van der Waals surface area contributed by atoms with Crippen LogP contribution >= 0.6 is 0 Å². The Hall–Kier alpha value is -2.28. The van der Waals surface area contributed by atoms with E-state index >= 15 is 0 Å². The van der Waals surface area contributed by atoms with Gasteiger partial charge in [0, 0.05) is 19.6 Å². The molecule has 2 aromatic rings. The molecule has 7 heteroatoms. The number of fused-ring (bicyclic) bond motifs is 1. The number of amides is 1. The molecule has 144 valence electrons. The van der Waals surface area contributed by atoms with Crippen molar-refractivity contribution in [3.05, 3.63) is 34.6 Å². The van der Waals surface area contributed by atoms with Crippen LogP contribution < -0.4 is 5.56 Å². The van der Waals surface area contributed by atoms with Gasteiger partial charge in [0.15, 0.2) is 0 Å². The predicted octanol–water partition coefficient (Wildman–Crippen LogP) is 1.52. The molecule has 1 unspecified atom stereocenters. The zero-order valence-electron chi connectivity index (χ0n) is 15.7. The fourth-order valence-corrected chi connectivity index (χ4v) is 4.30. The summed E-state index contributed by atoms with van der Waals surface area (Å²) >= 11 is 0. The first-order chi connectivity index (χ1) is 13.2. The quantitative estimate of drug-likeness (QED) is 0.817. The van der Waals surface area contributed by atoms with Gasteiger partial charge in [-0.25, -0.2) is 4.68 Å². The van der Waals surface area contributed by atoms with Crippen molar-refractivity contribution in [3.8, 4) is 0 Å². The number of hydrogen-bond donors (Lipinski definition) is 0. The van der Waals surface area contributed by atoms with Gasteiger partial charge in [-0.05, 0) is 56.8 Å². The van der Waals surface area contributed by atoms with Crippen LogP contribution in [0.25, 0.3) is 10.9 Å². The van der Waals surface area contributed by atoms with Gasteiger partial charge in [-0.15, -0.1) is 5.10 Å². The lowest BCUT2D eigenvalue weighted by Crippen LogP contribution is -2.46. The monoisotopic (exact) mass is 369 g/mol. The highest BCUT2D eigenvalue weighted by Gasteiger charge is 2.26. The van der Waals surface area contributed by atoms with E-state index in [-0.39, 0.29) is 18.0 Å². The number of piperidine rings is 2. The maximum Gasteiger partial charge on any atom is 0.278 e. The summed E-state index contributed by atoms with van der Waals surface area (Å²) in [5.41, 5.74) is 0.307. The Kier molecular flexibility index (Phi) is 5.48. The summed E-state index contributed by atoms with van der Waals surface area (Å²) in [6.45, 7) is 4.97. The molecule has 2 fully saturated rings. The molecular formula is C20H27N5O2. The highest BCUT2D eigenvalue weighted by molar-refractivity contribution is 5.78. The lowest BCUT2D eigenvalue weighted by atomic mass is 9.96. The molecule has 4 rings (SSSR count). The van der Waals surface area contributed by atoms with Crippen molar-refractivity contribution < 1.29 is 4.79 Å². The zero-order chi connectivity index (χ0) is 18.6. The lowest BCUT2D eigenvalue weighted by Gasteiger charge is -2.36. The Morgan fingerprint density at radius 3 is 2.74 bits per heavy atom. The number of carbonyl (C=O) groups excluding carboxylic acids is 1. The molecule has 1 amide bonds. The van der Waals surface area contributed by atoms with E-state index in [1.54, 1.807) is 18.2 Å². The standard InChI is InChI=1S/C20H27N5O2/c26-19(15-25-20(27)17-8-2-3-9-18(17)21-22-25)24-12-6-7-16(14-24)13-23-10-4-1-5-11-23/h2-3,8-9,16H,1,4-7,10-15H2. The first-order valence-corrected chi connectivity index (χ1v) is 10.0. The smallest absolute Gasteiger partial charge is 0.278 e. The van der Waals surface area contributed by atoms with E-state index in [1.165, 1.54) is 43.5 Å². The predicted molar refractivity (Wildman–Crippen MR) is 103 cm³/mol. The van der Waals surface area contributed by atoms with Crippen molar-refractivity contribution >= 4 is 16.8 Å². The summed E-state index contributed by atoms with van der Waals surface area (Å²) in [4.78, 5) is 29.8. The fourth-order valence-electron chi connectivity index (χ4n) is 4.30. The number of nitrogens with zero attached hydrogens (tertiary/aromatic N) is 5. The average Bonchev–Trinajstić information content (AvgIpc) is 2.71. The molecule has 7 nitrogen and oxygen atoms in total. The minimum atomic E-state index is -0.254. The van der Waals surface area contributed by atoms with E-state index in [1.807, 2.05) is 11.0 Å². The average molecular weight is 369 g/mol. The third-order valence-corrected chi connectivity index (χ3v) is 5.75. The van der Waals surface area contributed by atoms with Crippen molar-refractivity contribution in [2.75, 3.05) is 32.7 Å². The summed E-state index contributed by atoms with van der Waals surface area (Å²) in [6, 6.07) is 7.10. The third-order valence-electron chi connectivity index (χ3n) is 5.75. The van der Waals surface area contributed by atoms with E-state index in [4.69, 9.17) is 0 Å². The summed E-state index contributed by atoms with van der Waals surface area (Å²) in [6.07, 6.45) is 6.13. The number of hydrogen-bond acceptors (Lipinski definition) is 5.